The van der Waals surface area contributed by atoms with Crippen molar-refractivity contribution in [1.29, 1.82) is 0 Å². The molecular weight excluding hydrogens is 344 g/mol. The molecule has 24 heavy (non-hydrogen) atoms. The summed E-state index contributed by atoms with van der Waals surface area (Å²) in [5.41, 5.74) is 1.15. The summed E-state index contributed by atoms with van der Waals surface area (Å²) in [5, 5.41) is 6.64. The number of carbonyl (C=O) groups is 1. The quantitative estimate of drug-likeness (QED) is 0.659. The third-order valence-electron chi connectivity index (χ3n) is 4.22. The predicted octanol–water partition coefficient (Wildman–Crippen LogP) is 5.03. The molecule has 1 aromatic carbocycles. The van der Waals surface area contributed by atoms with Gasteiger partial charge >= 0.3 is 0 Å². The van der Waals surface area contributed by atoms with Gasteiger partial charge in [0.2, 0.25) is 0 Å². The van der Waals surface area contributed by atoms with Gasteiger partial charge in [0.05, 0.1) is 6.04 Å². The number of hydrogen-bond donors (Lipinski definition) is 0. The average Bonchev–Trinajstić information content (AvgIpc) is 3.33. The number of amides is 1. The maximum absolute atomic E-state index is 12.8. The molecule has 0 N–H and O–H groups in total. The Hall–Kier alpha value is -2.11. The Labute approximate surface area is 148 Å². The van der Waals surface area contributed by atoms with Crippen LogP contribution in [-0.4, -0.2) is 22.5 Å². The van der Waals surface area contributed by atoms with Crippen molar-refractivity contribution in [2.45, 2.75) is 18.9 Å². The van der Waals surface area contributed by atoms with Gasteiger partial charge < -0.3 is 9.42 Å². The molecular formula is C18H15ClN2O2S. The smallest absolute Gasteiger partial charge is 0.276 e. The van der Waals surface area contributed by atoms with Crippen molar-refractivity contribution in [3.63, 3.8) is 0 Å². The minimum atomic E-state index is -0.0806. The summed E-state index contributed by atoms with van der Waals surface area (Å²) in [7, 11) is 0. The van der Waals surface area contributed by atoms with E-state index in [9.17, 15) is 4.79 Å². The van der Waals surface area contributed by atoms with E-state index in [2.05, 4.69) is 11.2 Å². The SMILES string of the molecule is O=C(c1cc(-c2cccc(Cl)c2)on1)N1CCCC1c1cccs1. The number of aromatic nitrogens is 1. The van der Waals surface area contributed by atoms with Gasteiger partial charge in [0.1, 0.15) is 0 Å². The topological polar surface area (TPSA) is 46.3 Å². The van der Waals surface area contributed by atoms with Crippen LogP contribution in [0.15, 0.2) is 52.4 Å². The number of nitrogens with zero attached hydrogens (tertiary/aromatic N) is 2. The van der Waals surface area contributed by atoms with Gasteiger partial charge in [-0.05, 0) is 36.4 Å². The van der Waals surface area contributed by atoms with Crippen LogP contribution in [0, 0.1) is 0 Å². The van der Waals surface area contributed by atoms with Crippen molar-refractivity contribution in [2.75, 3.05) is 6.54 Å². The summed E-state index contributed by atoms with van der Waals surface area (Å²) in [6, 6.07) is 13.3. The van der Waals surface area contributed by atoms with Gasteiger partial charge in [0.25, 0.3) is 5.91 Å². The standard InChI is InChI=1S/C18H15ClN2O2S/c19-13-5-1-4-12(10-13)16-11-14(20-23-16)18(22)21-8-2-6-15(21)17-7-3-9-24-17/h1,3-5,7,9-11,15H,2,6,8H2. The van der Waals surface area contributed by atoms with Crippen molar-refractivity contribution in [1.82, 2.24) is 10.1 Å². The van der Waals surface area contributed by atoms with Crippen molar-refractivity contribution in [2.24, 2.45) is 0 Å². The molecule has 1 amide bonds. The first-order valence-electron chi connectivity index (χ1n) is 7.79. The van der Waals surface area contributed by atoms with Gasteiger partial charge in [-0.1, -0.05) is 35.0 Å². The molecule has 6 heteroatoms. The largest absolute Gasteiger partial charge is 0.355 e. The Kier molecular flexibility index (Phi) is 4.12. The number of carbonyl (C=O) groups excluding carboxylic acids is 1. The fraction of sp³-hybridized carbons (Fsp3) is 0.222. The van der Waals surface area contributed by atoms with Crippen LogP contribution in [0.25, 0.3) is 11.3 Å². The summed E-state index contributed by atoms with van der Waals surface area (Å²) in [5.74, 6) is 0.468. The predicted molar refractivity (Wildman–Crippen MR) is 94.3 cm³/mol. The Balaban J connectivity index is 1.59. The minimum Gasteiger partial charge on any atom is -0.355 e. The van der Waals surface area contributed by atoms with E-state index >= 15 is 0 Å². The normalized spacial score (nSPS) is 17.4. The third-order valence-corrected chi connectivity index (χ3v) is 5.43. The van der Waals surface area contributed by atoms with Gasteiger partial charge in [-0.15, -0.1) is 11.3 Å². The van der Waals surface area contributed by atoms with Gasteiger partial charge in [-0.2, -0.15) is 0 Å². The number of thiophene rings is 1. The summed E-state index contributed by atoms with van der Waals surface area (Å²) >= 11 is 7.70. The Morgan fingerprint density at radius 2 is 2.21 bits per heavy atom. The first-order chi connectivity index (χ1) is 11.7. The van der Waals surface area contributed by atoms with Gasteiger partial charge in [-0.3, -0.25) is 4.79 Å². The number of rotatable bonds is 3. The Morgan fingerprint density at radius 3 is 3.00 bits per heavy atom. The number of likely N-dealkylation sites (tertiary alicyclic amines) is 1. The lowest BCUT2D eigenvalue weighted by Gasteiger charge is -2.22. The van der Waals surface area contributed by atoms with Crippen LogP contribution in [0.1, 0.15) is 34.2 Å². The molecule has 0 aliphatic carbocycles. The molecule has 1 atom stereocenters. The van der Waals surface area contributed by atoms with E-state index in [0.29, 0.717) is 16.5 Å². The molecule has 0 radical (unpaired) electrons. The Bertz CT molecular complexity index is 860. The zero-order chi connectivity index (χ0) is 16.5. The summed E-state index contributed by atoms with van der Waals surface area (Å²) < 4.78 is 5.36. The monoisotopic (exact) mass is 358 g/mol. The van der Waals surface area contributed by atoms with Crippen molar-refractivity contribution in [3.05, 3.63) is 63.4 Å². The number of hydrogen-bond acceptors (Lipinski definition) is 4. The third kappa shape index (κ3) is 2.85. The van der Waals surface area contributed by atoms with Gasteiger partial charge in [0.15, 0.2) is 11.5 Å². The van der Waals surface area contributed by atoms with Crippen LogP contribution < -0.4 is 0 Å². The van der Waals surface area contributed by atoms with Crippen molar-refractivity contribution >= 4 is 28.8 Å². The summed E-state index contributed by atoms with van der Waals surface area (Å²) in [6.45, 7) is 0.751. The maximum atomic E-state index is 12.8. The number of halogens is 1. The molecule has 1 aliphatic rings. The molecule has 1 fully saturated rings. The highest BCUT2D eigenvalue weighted by Gasteiger charge is 2.32. The average molecular weight is 359 g/mol. The van der Waals surface area contributed by atoms with Gasteiger partial charge in [-0.25, -0.2) is 0 Å². The first kappa shape index (κ1) is 15.4. The molecule has 4 rings (SSSR count). The zero-order valence-electron chi connectivity index (χ0n) is 12.8. The van der Waals surface area contributed by atoms with Crippen LogP contribution in [-0.2, 0) is 0 Å². The van der Waals surface area contributed by atoms with E-state index in [1.165, 1.54) is 4.88 Å². The lowest BCUT2D eigenvalue weighted by atomic mass is 10.1. The molecule has 0 saturated carbocycles. The second kappa shape index (κ2) is 6.42. The lowest BCUT2D eigenvalue weighted by molar-refractivity contribution is 0.0727. The van der Waals surface area contributed by atoms with E-state index in [1.807, 2.05) is 28.5 Å². The van der Waals surface area contributed by atoms with E-state index < -0.39 is 0 Å². The second-order valence-electron chi connectivity index (χ2n) is 5.76. The number of benzene rings is 1. The van der Waals surface area contributed by atoms with Crippen LogP contribution in [0.5, 0.6) is 0 Å². The van der Waals surface area contributed by atoms with Crippen LogP contribution in [0.4, 0.5) is 0 Å². The highest BCUT2D eigenvalue weighted by molar-refractivity contribution is 7.10. The molecule has 1 unspecified atom stereocenters. The van der Waals surface area contributed by atoms with E-state index in [-0.39, 0.29) is 11.9 Å². The minimum absolute atomic E-state index is 0.0806. The zero-order valence-corrected chi connectivity index (χ0v) is 14.4. The highest BCUT2D eigenvalue weighted by atomic mass is 35.5. The van der Waals surface area contributed by atoms with E-state index in [4.69, 9.17) is 16.1 Å². The van der Waals surface area contributed by atoms with Crippen LogP contribution >= 0.6 is 22.9 Å². The van der Waals surface area contributed by atoms with E-state index in [0.717, 1.165) is 24.9 Å². The molecule has 1 saturated heterocycles. The molecule has 122 valence electrons. The van der Waals surface area contributed by atoms with E-state index in [1.54, 1.807) is 29.5 Å². The molecule has 4 nitrogen and oxygen atoms in total. The van der Waals surface area contributed by atoms with Gasteiger partial charge in [0, 0.05) is 28.1 Å². The molecule has 1 aliphatic heterocycles. The maximum Gasteiger partial charge on any atom is 0.276 e. The van der Waals surface area contributed by atoms with Crippen LogP contribution in [0.2, 0.25) is 5.02 Å². The first-order valence-corrected chi connectivity index (χ1v) is 9.05. The van der Waals surface area contributed by atoms with Crippen molar-refractivity contribution < 1.29 is 9.32 Å². The van der Waals surface area contributed by atoms with Crippen molar-refractivity contribution in [3.8, 4) is 11.3 Å². The van der Waals surface area contributed by atoms with Crippen LogP contribution in [0.3, 0.4) is 0 Å². The summed E-state index contributed by atoms with van der Waals surface area (Å²) in [4.78, 5) is 16.0. The molecule has 0 spiro atoms. The molecule has 2 aromatic heterocycles. The second-order valence-corrected chi connectivity index (χ2v) is 7.17. The highest BCUT2D eigenvalue weighted by Crippen LogP contribution is 2.35. The Morgan fingerprint density at radius 1 is 1.29 bits per heavy atom. The fourth-order valence-corrected chi connectivity index (χ4v) is 4.15. The molecule has 3 heterocycles. The fourth-order valence-electron chi connectivity index (χ4n) is 3.09. The summed E-state index contributed by atoms with van der Waals surface area (Å²) in [6.07, 6.45) is 2.00. The molecule has 0 bridgehead atoms. The molecule has 3 aromatic rings. The lowest BCUT2D eigenvalue weighted by Crippen LogP contribution is -2.30.